The molecule has 0 saturated heterocycles. The maximum atomic E-state index is 13.9. The van der Waals surface area contributed by atoms with Crippen LogP contribution in [0.15, 0.2) is 42.1 Å². The number of hydrogen-bond donors (Lipinski definition) is 3. The van der Waals surface area contributed by atoms with E-state index in [4.69, 9.17) is 0 Å². The lowest BCUT2D eigenvalue weighted by Gasteiger charge is -2.39. The molecular formula is C30H46N4O4. The van der Waals surface area contributed by atoms with Crippen molar-refractivity contribution in [3.8, 4) is 0 Å². The number of carbonyl (C=O) groups is 3. The molecule has 2 aromatic rings. The van der Waals surface area contributed by atoms with Gasteiger partial charge in [0.2, 0.25) is 11.8 Å². The number of rotatable bonds is 10. The summed E-state index contributed by atoms with van der Waals surface area (Å²) in [6.07, 6.45) is 3.67. The summed E-state index contributed by atoms with van der Waals surface area (Å²) in [7, 11) is 5.41. The molecule has 1 heterocycles. The molecule has 8 nitrogen and oxygen atoms in total. The minimum absolute atomic E-state index is 0.0232. The van der Waals surface area contributed by atoms with Gasteiger partial charge in [0, 0.05) is 42.2 Å². The number of aromatic nitrogens is 1. The zero-order valence-corrected chi connectivity index (χ0v) is 24.8. The topological polar surface area (TPSA) is 104 Å². The van der Waals surface area contributed by atoms with E-state index in [0.717, 1.165) is 16.5 Å². The molecule has 0 radical (unpaired) electrons. The minimum Gasteiger partial charge on any atom is -0.478 e. The third-order valence-corrected chi connectivity index (χ3v) is 7.50. The van der Waals surface area contributed by atoms with E-state index in [0.29, 0.717) is 0 Å². The molecule has 0 saturated carbocycles. The molecule has 0 spiro atoms. The van der Waals surface area contributed by atoms with Gasteiger partial charge in [0.15, 0.2) is 0 Å². The predicted octanol–water partition coefficient (Wildman–Crippen LogP) is 4.09. The first-order valence-electron chi connectivity index (χ1n) is 13.2. The second-order valence-corrected chi connectivity index (χ2v) is 12.3. The average molecular weight is 527 g/mol. The summed E-state index contributed by atoms with van der Waals surface area (Å²) in [4.78, 5) is 40.7. The van der Waals surface area contributed by atoms with Gasteiger partial charge in [-0.25, -0.2) is 4.79 Å². The lowest BCUT2D eigenvalue weighted by Crippen LogP contribution is -2.61. The molecule has 0 aliphatic heterocycles. The lowest BCUT2D eigenvalue weighted by molar-refractivity contribution is -0.141. The van der Waals surface area contributed by atoms with Crippen LogP contribution in [-0.2, 0) is 26.8 Å². The van der Waals surface area contributed by atoms with Crippen LogP contribution < -0.4 is 10.6 Å². The van der Waals surface area contributed by atoms with E-state index < -0.39 is 34.9 Å². The van der Waals surface area contributed by atoms with E-state index in [-0.39, 0.29) is 23.3 Å². The number of amides is 2. The number of para-hydroxylation sites is 1. The number of aryl methyl sites for hydroxylation is 1. The highest BCUT2D eigenvalue weighted by Crippen LogP contribution is 2.35. The van der Waals surface area contributed by atoms with Crippen LogP contribution in [0.25, 0.3) is 10.9 Å². The van der Waals surface area contributed by atoms with Gasteiger partial charge >= 0.3 is 5.97 Å². The van der Waals surface area contributed by atoms with Crippen molar-refractivity contribution < 1.29 is 19.5 Å². The van der Waals surface area contributed by atoms with E-state index >= 15 is 0 Å². The van der Waals surface area contributed by atoms with Crippen molar-refractivity contribution in [3.63, 3.8) is 0 Å². The number of carboxylic acid groups (broad SMARTS) is 1. The van der Waals surface area contributed by atoms with E-state index in [1.165, 1.54) is 6.92 Å². The zero-order valence-electron chi connectivity index (χ0n) is 24.8. The van der Waals surface area contributed by atoms with Crippen LogP contribution in [0.5, 0.6) is 0 Å². The average Bonchev–Trinajstić information content (AvgIpc) is 3.16. The first kappa shape index (κ1) is 31.1. The van der Waals surface area contributed by atoms with Crippen molar-refractivity contribution in [1.82, 2.24) is 20.1 Å². The van der Waals surface area contributed by atoms with E-state index in [9.17, 15) is 19.5 Å². The highest BCUT2D eigenvalue weighted by molar-refractivity contribution is 5.93. The maximum absolute atomic E-state index is 13.9. The largest absolute Gasteiger partial charge is 0.478 e. The molecule has 210 valence electrons. The van der Waals surface area contributed by atoms with Crippen molar-refractivity contribution in [3.05, 3.63) is 47.7 Å². The second kappa shape index (κ2) is 11.7. The molecule has 0 unspecified atom stereocenters. The van der Waals surface area contributed by atoms with Crippen LogP contribution in [0.4, 0.5) is 0 Å². The Morgan fingerprint density at radius 2 is 1.63 bits per heavy atom. The molecule has 3 atom stereocenters. The fraction of sp³-hybridized carbons (Fsp3) is 0.567. The van der Waals surface area contributed by atoms with E-state index in [2.05, 4.69) is 33.5 Å². The monoisotopic (exact) mass is 526 g/mol. The number of hydrogen-bond acceptors (Lipinski definition) is 4. The van der Waals surface area contributed by atoms with Gasteiger partial charge in [-0.05, 0) is 36.9 Å². The van der Waals surface area contributed by atoms with Crippen molar-refractivity contribution in [2.75, 3.05) is 14.1 Å². The normalized spacial score (nSPS) is 15.3. The molecule has 1 aromatic carbocycles. The van der Waals surface area contributed by atoms with Crippen molar-refractivity contribution in [2.45, 2.75) is 78.9 Å². The van der Waals surface area contributed by atoms with Gasteiger partial charge in [-0.15, -0.1) is 0 Å². The van der Waals surface area contributed by atoms with Crippen molar-refractivity contribution in [1.29, 1.82) is 0 Å². The Bertz CT molecular complexity index is 1200. The number of benzene rings is 1. The van der Waals surface area contributed by atoms with Gasteiger partial charge in [0.25, 0.3) is 0 Å². The molecule has 1 aromatic heterocycles. The zero-order chi connectivity index (χ0) is 29.2. The molecule has 0 fully saturated rings. The Kier molecular flexibility index (Phi) is 9.59. The summed E-state index contributed by atoms with van der Waals surface area (Å²) in [5.74, 6) is -1.59. The number of carbonyl (C=O) groups excluding carboxylic acids is 2. The Balaban J connectivity index is 2.43. The van der Waals surface area contributed by atoms with Gasteiger partial charge < -0.3 is 25.2 Å². The minimum atomic E-state index is -1.02. The Labute approximate surface area is 227 Å². The van der Waals surface area contributed by atoms with Crippen LogP contribution in [-0.4, -0.2) is 64.6 Å². The Morgan fingerprint density at radius 3 is 2.13 bits per heavy atom. The smallest absolute Gasteiger partial charge is 0.331 e. The first-order valence-corrected chi connectivity index (χ1v) is 13.2. The van der Waals surface area contributed by atoms with Crippen molar-refractivity contribution in [2.24, 2.45) is 18.4 Å². The molecule has 2 rings (SSSR count). The number of carboxylic acids is 1. The van der Waals surface area contributed by atoms with Gasteiger partial charge in [-0.2, -0.15) is 0 Å². The van der Waals surface area contributed by atoms with Gasteiger partial charge in [-0.1, -0.05) is 72.7 Å². The fourth-order valence-corrected chi connectivity index (χ4v) is 5.13. The fourth-order valence-electron chi connectivity index (χ4n) is 5.13. The van der Waals surface area contributed by atoms with Crippen LogP contribution >= 0.6 is 0 Å². The van der Waals surface area contributed by atoms with Crippen LogP contribution in [0, 0.1) is 11.3 Å². The summed E-state index contributed by atoms with van der Waals surface area (Å²) < 4.78 is 2.06. The molecule has 0 bridgehead atoms. The number of likely N-dealkylation sites (N-methyl/N-ethyl adjacent to an activating group) is 2. The highest BCUT2D eigenvalue weighted by Gasteiger charge is 2.42. The van der Waals surface area contributed by atoms with Crippen molar-refractivity contribution >= 4 is 28.7 Å². The first-order chi connectivity index (χ1) is 17.4. The Morgan fingerprint density at radius 1 is 1.05 bits per heavy atom. The molecule has 8 heteroatoms. The second-order valence-electron chi connectivity index (χ2n) is 12.3. The molecule has 38 heavy (non-hydrogen) atoms. The van der Waals surface area contributed by atoms with E-state index in [1.807, 2.05) is 67.6 Å². The summed E-state index contributed by atoms with van der Waals surface area (Å²) in [6.45, 7) is 15.2. The maximum Gasteiger partial charge on any atom is 0.331 e. The Hall–Kier alpha value is -3.13. The number of nitrogens with zero attached hydrogens (tertiary/aromatic N) is 2. The predicted molar refractivity (Wildman–Crippen MR) is 153 cm³/mol. The standard InChI is InChI=1S/C30H46N4O4/c1-18(2)23(16-19(3)28(37)38)34(11)27(36)25(29(4,5)6)32-26(35)24(31-9)30(7,8)21-17-33(10)22-15-13-12-14-20(21)22/h12-18,23-25,31H,1-11H3,(H,32,35)(H,37,38)/b19-16+/t23-,24+,25+/m1/s1. The van der Waals surface area contributed by atoms with Crippen LogP contribution in [0.2, 0.25) is 0 Å². The van der Waals surface area contributed by atoms with Crippen LogP contribution in [0.1, 0.15) is 61.0 Å². The highest BCUT2D eigenvalue weighted by atomic mass is 16.4. The number of aliphatic carboxylic acids is 1. The summed E-state index contributed by atoms with van der Waals surface area (Å²) >= 11 is 0. The molecule has 0 aliphatic carbocycles. The van der Waals surface area contributed by atoms with Crippen LogP contribution in [0.3, 0.4) is 0 Å². The molecule has 2 amide bonds. The summed E-state index contributed by atoms with van der Waals surface area (Å²) in [5, 5.41) is 16.7. The third-order valence-electron chi connectivity index (χ3n) is 7.50. The number of nitrogens with one attached hydrogen (secondary N) is 2. The lowest BCUT2D eigenvalue weighted by atomic mass is 9.76. The molecule has 3 N–H and O–H groups in total. The van der Waals surface area contributed by atoms with Gasteiger partial charge in [-0.3, -0.25) is 9.59 Å². The quantitative estimate of drug-likeness (QED) is 0.405. The third kappa shape index (κ3) is 6.46. The van der Waals surface area contributed by atoms with Gasteiger partial charge in [0.1, 0.15) is 6.04 Å². The number of fused-ring (bicyclic) bond motifs is 1. The molecule has 0 aliphatic rings. The van der Waals surface area contributed by atoms with E-state index in [1.54, 1.807) is 25.1 Å². The molecular weight excluding hydrogens is 480 g/mol. The summed E-state index contributed by atoms with van der Waals surface area (Å²) in [5.41, 5.74) is 1.11. The van der Waals surface area contributed by atoms with Gasteiger partial charge in [0.05, 0.1) is 12.1 Å². The summed E-state index contributed by atoms with van der Waals surface area (Å²) in [6, 6.07) is 6.23. The SMILES string of the molecule is CN[C@@H](C(=O)N[C@@H](C(=O)N(C)[C@H](/C=C(\C)C(=O)O)C(C)C)C(C)(C)C)C(C)(C)c1cn(C)c2ccccc12.